The van der Waals surface area contributed by atoms with E-state index in [1.165, 1.54) is 17.0 Å². The number of nitrogens with zero attached hydrogens (tertiary/aromatic N) is 3. The normalized spacial score (nSPS) is 18.1. The van der Waals surface area contributed by atoms with E-state index in [4.69, 9.17) is 5.26 Å². The van der Waals surface area contributed by atoms with E-state index in [-0.39, 0.29) is 16.9 Å². The van der Waals surface area contributed by atoms with Gasteiger partial charge in [-0.2, -0.15) is 5.26 Å². The van der Waals surface area contributed by atoms with Crippen molar-refractivity contribution in [1.82, 2.24) is 0 Å². The van der Waals surface area contributed by atoms with Crippen LogP contribution in [0.4, 0.5) is 11.4 Å². The molecule has 1 aromatic carbocycles. The molecular weight excluding hydrogens is 250 g/mol. The lowest BCUT2D eigenvalue weighted by Gasteiger charge is -2.27. The minimum atomic E-state index is -1.24. The van der Waals surface area contributed by atoms with E-state index in [0.29, 0.717) is 19.4 Å². The lowest BCUT2D eigenvalue weighted by atomic mass is 10.1. The maximum Gasteiger partial charge on any atom is 0.293 e. The number of hydrogen-bond donors (Lipinski definition) is 0. The molecule has 19 heavy (non-hydrogen) atoms. The van der Waals surface area contributed by atoms with Gasteiger partial charge in [-0.1, -0.05) is 0 Å². The number of nitriles is 1. The highest BCUT2D eigenvalue weighted by molar-refractivity contribution is 5.79. The summed E-state index contributed by atoms with van der Waals surface area (Å²) >= 11 is 0. The largest absolute Gasteiger partial charge is 0.548 e. The zero-order valence-electron chi connectivity index (χ0n) is 9.91. The molecule has 1 heterocycles. The summed E-state index contributed by atoms with van der Waals surface area (Å²) in [6.45, 7) is 0.422. The van der Waals surface area contributed by atoms with Crippen LogP contribution in [0.3, 0.4) is 0 Å². The summed E-state index contributed by atoms with van der Waals surface area (Å²) in [6.07, 6.45) is 1.04. The number of anilines is 1. The van der Waals surface area contributed by atoms with Gasteiger partial charge in [0.15, 0.2) is 0 Å². The Bertz CT molecular complexity index is 579. The van der Waals surface area contributed by atoms with Gasteiger partial charge in [-0.3, -0.25) is 10.1 Å². The first-order valence-electron chi connectivity index (χ1n) is 5.70. The van der Waals surface area contributed by atoms with Crippen LogP contribution in [0.25, 0.3) is 0 Å². The first-order chi connectivity index (χ1) is 9.04. The van der Waals surface area contributed by atoms with Gasteiger partial charge in [0.2, 0.25) is 0 Å². The zero-order valence-corrected chi connectivity index (χ0v) is 9.91. The first-order valence-corrected chi connectivity index (χ1v) is 5.70. The fourth-order valence-corrected chi connectivity index (χ4v) is 2.28. The fourth-order valence-electron chi connectivity index (χ4n) is 2.28. The van der Waals surface area contributed by atoms with Crippen molar-refractivity contribution in [3.63, 3.8) is 0 Å². The summed E-state index contributed by atoms with van der Waals surface area (Å²) in [5, 5.41) is 30.8. The van der Waals surface area contributed by atoms with E-state index in [1.807, 2.05) is 6.07 Å². The van der Waals surface area contributed by atoms with Crippen molar-refractivity contribution in [3.8, 4) is 6.07 Å². The van der Waals surface area contributed by atoms with Crippen LogP contribution in [0.5, 0.6) is 0 Å². The van der Waals surface area contributed by atoms with Gasteiger partial charge in [0.05, 0.1) is 28.6 Å². The average molecular weight is 260 g/mol. The predicted molar refractivity (Wildman–Crippen MR) is 63.2 cm³/mol. The van der Waals surface area contributed by atoms with E-state index in [9.17, 15) is 20.0 Å². The van der Waals surface area contributed by atoms with Gasteiger partial charge < -0.3 is 14.8 Å². The Kier molecular flexibility index (Phi) is 3.33. The number of benzene rings is 1. The molecule has 0 aliphatic carbocycles. The number of carbonyl (C=O) groups is 1. The van der Waals surface area contributed by atoms with Crippen molar-refractivity contribution < 1.29 is 14.8 Å². The van der Waals surface area contributed by atoms with E-state index < -0.39 is 16.9 Å². The molecule has 98 valence electrons. The molecule has 1 aliphatic rings. The van der Waals surface area contributed by atoms with Crippen molar-refractivity contribution in [2.75, 3.05) is 11.4 Å². The number of nitro groups is 1. The highest BCUT2D eigenvalue weighted by atomic mass is 16.6. The van der Waals surface area contributed by atoms with Crippen LogP contribution in [0.2, 0.25) is 0 Å². The summed E-state index contributed by atoms with van der Waals surface area (Å²) in [4.78, 5) is 22.9. The molecule has 0 aromatic heterocycles. The Hall–Kier alpha value is -2.62. The standard InChI is InChI=1S/C12H11N3O4/c13-7-8-3-4-9(11(6-8)15(18)19)14-5-1-2-10(14)12(16)17/h3-4,6,10H,1-2,5H2,(H,16,17)/p-1/t10-/m1/s1. The number of rotatable bonds is 3. The molecule has 1 fully saturated rings. The number of carboxylic acid groups (broad SMARTS) is 1. The Morgan fingerprint density at radius 2 is 2.26 bits per heavy atom. The SMILES string of the molecule is N#Cc1ccc(N2CCC[C@@H]2C(=O)[O-])c([N+](=O)[O-])c1. The Balaban J connectivity index is 2.47. The fraction of sp³-hybridized carbons (Fsp3) is 0.333. The molecule has 1 atom stereocenters. The minimum absolute atomic E-state index is 0.166. The molecule has 1 aliphatic heterocycles. The lowest BCUT2D eigenvalue weighted by Crippen LogP contribution is -2.44. The second-order valence-electron chi connectivity index (χ2n) is 4.24. The van der Waals surface area contributed by atoms with E-state index >= 15 is 0 Å². The van der Waals surface area contributed by atoms with Crippen LogP contribution in [0.15, 0.2) is 18.2 Å². The van der Waals surface area contributed by atoms with Crippen LogP contribution >= 0.6 is 0 Å². The number of nitro benzene ring substituents is 1. The molecule has 0 N–H and O–H groups in total. The van der Waals surface area contributed by atoms with Crippen LogP contribution in [0.1, 0.15) is 18.4 Å². The van der Waals surface area contributed by atoms with Crippen molar-refractivity contribution in [2.24, 2.45) is 0 Å². The predicted octanol–water partition coefficient (Wildman–Crippen LogP) is 0.185. The summed E-state index contributed by atoms with van der Waals surface area (Å²) in [6, 6.07) is 4.97. The van der Waals surface area contributed by atoms with Gasteiger partial charge in [-0.05, 0) is 25.0 Å². The minimum Gasteiger partial charge on any atom is -0.548 e. The topological polar surface area (TPSA) is 110 Å². The third-order valence-electron chi connectivity index (χ3n) is 3.14. The molecule has 7 heteroatoms. The molecule has 0 unspecified atom stereocenters. The summed E-state index contributed by atoms with van der Waals surface area (Å²) in [7, 11) is 0. The average Bonchev–Trinajstić information content (AvgIpc) is 2.87. The van der Waals surface area contributed by atoms with Crippen LogP contribution in [-0.2, 0) is 4.79 Å². The maximum atomic E-state index is 11.0. The third-order valence-corrected chi connectivity index (χ3v) is 3.14. The third kappa shape index (κ3) is 2.33. The highest BCUT2D eigenvalue weighted by Gasteiger charge is 2.30. The van der Waals surface area contributed by atoms with Crippen molar-refractivity contribution >= 4 is 17.3 Å². The van der Waals surface area contributed by atoms with Gasteiger partial charge in [0.1, 0.15) is 5.69 Å². The Labute approximate surface area is 108 Å². The second-order valence-corrected chi connectivity index (χ2v) is 4.24. The first kappa shape index (κ1) is 12.8. The Morgan fingerprint density at radius 1 is 1.53 bits per heavy atom. The van der Waals surface area contributed by atoms with Crippen molar-refractivity contribution in [1.29, 1.82) is 5.26 Å². The quantitative estimate of drug-likeness (QED) is 0.566. The lowest BCUT2D eigenvalue weighted by molar-refractivity contribution is -0.384. The molecule has 0 spiro atoms. The Morgan fingerprint density at radius 3 is 2.84 bits per heavy atom. The zero-order chi connectivity index (χ0) is 14.0. The summed E-state index contributed by atoms with van der Waals surface area (Å²) in [5.74, 6) is -1.24. The molecular formula is C12H10N3O4-. The molecule has 1 saturated heterocycles. The highest BCUT2D eigenvalue weighted by Crippen LogP contribution is 2.34. The van der Waals surface area contributed by atoms with Gasteiger partial charge in [0.25, 0.3) is 5.69 Å². The van der Waals surface area contributed by atoms with Crippen molar-refractivity contribution in [2.45, 2.75) is 18.9 Å². The van der Waals surface area contributed by atoms with Gasteiger partial charge in [0, 0.05) is 12.6 Å². The maximum absolute atomic E-state index is 11.0. The van der Waals surface area contributed by atoms with E-state index in [1.54, 1.807) is 0 Å². The molecule has 0 radical (unpaired) electrons. The summed E-state index contributed by atoms with van der Waals surface area (Å²) < 4.78 is 0. The van der Waals surface area contributed by atoms with E-state index in [2.05, 4.69) is 0 Å². The molecule has 7 nitrogen and oxygen atoms in total. The van der Waals surface area contributed by atoms with Crippen LogP contribution in [-0.4, -0.2) is 23.5 Å². The molecule has 0 bridgehead atoms. The van der Waals surface area contributed by atoms with Gasteiger partial charge in [-0.15, -0.1) is 0 Å². The van der Waals surface area contributed by atoms with Gasteiger partial charge in [-0.25, -0.2) is 0 Å². The van der Waals surface area contributed by atoms with Gasteiger partial charge >= 0.3 is 0 Å². The monoisotopic (exact) mass is 260 g/mol. The van der Waals surface area contributed by atoms with Crippen molar-refractivity contribution in [3.05, 3.63) is 33.9 Å². The molecule has 0 amide bonds. The molecule has 2 rings (SSSR count). The van der Waals surface area contributed by atoms with Crippen LogP contribution in [0, 0.1) is 21.4 Å². The number of hydrogen-bond acceptors (Lipinski definition) is 6. The smallest absolute Gasteiger partial charge is 0.293 e. The number of carbonyl (C=O) groups excluding carboxylic acids is 1. The summed E-state index contributed by atoms with van der Waals surface area (Å²) in [5.41, 5.74) is 0.127. The second kappa shape index (κ2) is 4.94. The number of aliphatic carboxylic acids is 1. The number of carboxylic acids is 1. The van der Waals surface area contributed by atoms with E-state index in [0.717, 1.165) is 6.07 Å². The molecule has 1 aromatic rings. The molecule has 0 saturated carbocycles. The van der Waals surface area contributed by atoms with Crippen LogP contribution < -0.4 is 10.0 Å².